The van der Waals surface area contributed by atoms with Crippen molar-refractivity contribution in [1.29, 1.82) is 5.26 Å². The van der Waals surface area contributed by atoms with E-state index in [2.05, 4.69) is 25.6 Å². The Morgan fingerprint density at radius 2 is 2.19 bits per heavy atom. The van der Waals surface area contributed by atoms with Crippen LogP contribution in [-0.4, -0.2) is 46.3 Å². The Morgan fingerprint density at radius 1 is 1.42 bits per heavy atom. The fraction of sp³-hybridized carbons (Fsp3) is 0.250. The van der Waals surface area contributed by atoms with Gasteiger partial charge in [-0.2, -0.15) is 17.0 Å². The Kier molecular flexibility index (Phi) is 9.54. The number of carboxylic acids is 1. The van der Waals surface area contributed by atoms with Crippen LogP contribution in [0.25, 0.3) is 10.1 Å². The van der Waals surface area contributed by atoms with Gasteiger partial charge in [0.25, 0.3) is 0 Å². The van der Waals surface area contributed by atoms with E-state index in [-0.39, 0.29) is 10.3 Å². The normalized spacial score (nSPS) is 10.7. The minimum Gasteiger partial charge on any atom is -0.477 e. The summed E-state index contributed by atoms with van der Waals surface area (Å²) >= 11 is 2.89. The minimum absolute atomic E-state index is 0.0775. The number of H-pyrrole nitrogens is 1. The van der Waals surface area contributed by atoms with Gasteiger partial charge in [0, 0.05) is 46.9 Å². The van der Waals surface area contributed by atoms with Crippen LogP contribution < -0.4 is 16.1 Å². The summed E-state index contributed by atoms with van der Waals surface area (Å²) in [4.78, 5) is 33.3. The van der Waals surface area contributed by atoms with Crippen LogP contribution in [0.4, 0.5) is 0 Å². The highest BCUT2D eigenvalue weighted by molar-refractivity contribution is 7.98. The molecule has 9 nitrogen and oxygen atoms in total. The number of fused-ring (bicyclic) bond motifs is 1. The predicted octanol–water partition coefficient (Wildman–Crippen LogP) is 2.56. The van der Waals surface area contributed by atoms with Crippen molar-refractivity contribution in [3.05, 3.63) is 63.1 Å². The zero-order valence-electron chi connectivity index (χ0n) is 17.0. The molecule has 0 unspecified atom stereocenters. The van der Waals surface area contributed by atoms with Crippen molar-refractivity contribution >= 4 is 45.1 Å². The number of carbonyl (C=O) groups is 1. The first kappa shape index (κ1) is 23.9. The molecule has 2 heterocycles. The smallest absolute Gasteiger partial charge is 0.346 e. The molecular weight excluding hydrogens is 436 g/mol. The van der Waals surface area contributed by atoms with Crippen LogP contribution in [0.1, 0.15) is 21.1 Å². The molecule has 0 radical (unpaired) electrons. The molecule has 0 amide bonds. The van der Waals surface area contributed by atoms with Crippen molar-refractivity contribution in [2.45, 2.75) is 12.7 Å². The SMILES string of the molecule is CN=C(NC#N)NCCSCc1nc[nH]c1C.O=C(O)c1cc(=O)c2ccccc2s1. The maximum absolute atomic E-state index is 11.4. The van der Waals surface area contributed by atoms with Gasteiger partial charge in [0.2, 0.25) is 5.96 Å². The van der Waals surface area contributed by atoms with E-state index in [1.54, 1.807) is 49.4 Å². The number of aromatic amines is 1. The predicted molar refractivity (Wildman–Crippen MR) is 125 cm³/mol. The van der Waals surface area contributed by atoms with Crippen LogP contribution >= 0.6 is 23.1 Å². The summed E-state index contributed by atoms with van der Waals surface area (Å²) in [5.74, 6) is 1.27. The average Bonchev–Trinajstić information content (AvgIpc) is 3.17. The number of nitrogens with one attached hydrogen (secondary N) is 3. The molecule has 4 N–H and O–H groups in total. The molecule has 3 aromatic rings. The van der Waals surface area contributed by atoms with E-state index >= 15 is 0 Å². The molecule has 162 valence electrons. The lowest BCUT2D eigenvalue weighted by atomic mass is 10.2. The third-order valence-corrected chi connectivity index (χ3v) is 6.01. The first-order chi connectivity index (χ1) is 15.0. The number of hydrogen-bond acceptors (Lipinski definition) is 7. The summed E-state index contributed by atoms with van der Waals surface area (Å²) in [5, 5.41) is 23.2. The topological polar surface area (TPSA) is 143 Å². The van der Waals surface area contributed by atoms with Crippen LogP contribution in [0.2, 0.25) is 0 Å². The first-order valence-electron chi connectivity index (χ1n) is 9.14. The van der Waals surface area contributed by atoms with Crippen LogP contribution in [0.15, 0.2) is 46.4 Å². The number of nitrogens with zero attached hydrogens (tertiary/aromatic N) is 3. The summed E-state index contributed by atoms with van der Waals surface area (Å²) in [5.41, 5.74) is 1.97. The Hall–Kier alpha value is -3.36. The number of aromatic nitrogens is 2. The first-order valence-corrected chi connectivity index (χ1v) is 11.1. The summed E-state index contributed by atoms with van der Waals surface area (Å²) in [6.07, 6.45) is 3.54. The zero-order valence-corrected chi connectivity index (χ0v) is 18.6. The second kappa shape index (κ2) is 12.4. The number of guanidine groups is 1. The van der Waals surface area contributed by atoms with Crippen molar-refractivity contribution in [1.82, 2.24) is 20.6 Å². The fourth-order valence-corrected chi connectivity index (χ4v) is 4.18. The van der Waals surface area contributed by atoms with Gasteiger partial charge < -0.3 is 15.4 Å². The van der Waals surface area contributed by atoms with Gasteiger partial charge in [-0.15, -0.1) is 11.3 Å². The van der Waals surface area contributed by atoms with E-state index in [9.17, 15) is 9.59 Å². The van der Waals surface area contributed by atoms with E-state index in [1.165, 1.54) is 0 Å². The molecule has 0 aliphatic rings. The third-order valence-electron chi connectivity index (χ3n) is 3.96. The average molecular weight is 459 g/mol. The Balaban J connectivity index is 0.000000224. The zero-order chi connectivity index (χ0) is 22.6. The highest BCUT2D eigenvalue weighted by Gasteiger charge is 2.07. The van der Waals surface area contributed by atoms with E-state index in [0.29, 0.717) is 16.0 Å². The van der Waals surface area contributed by atoms with Crippen LogP contribution in [-0.2, 0) is 5.75 Å². The molecule has 11 heteroatoms. The molecule has 3 rings (SSSR count). The largest absolute Gasteiger partial charge is 0.477 e. The number of aliphatic imine (C=N–C) groups is 1. The van der Waals surface area contributed by atoms with Crippen LogP contribution in [0.5, 0.6) is 0 Å². The number of hydrogen-bond donors (Lipinski definition) is 4. The highest BCUT2D eigenvalue weighted by atomic mass is 32.2. The molecule has 0 fully saturated rings. The monoisotopic (exact) mass is 458 g/mol. The van der Waals surface area contributed by atoms with Gasteiger partial charge in [-0.3, -0.25) is 15.1 Å². The number of aryl methyl sites for hydroxylation is 1. The minimum atomic E-state index is -1.06. The molecule has 31 heavy (non-hydrogen) atoms. The van der Waals surface area contributed by atoms with Gasteiger partial charge >= 0.3 is 5.97 Å². The van der Waals surface area contributed by atoms with Crippen molar-refractivity contribution < 1.29 is 9.90 Å². The molecule has 0 aliphatic heterocycles. The molecule has 0 saturated heterocycles. The second-order valence-electron chi connectivity index (χ2n) is 6.04. The lowest BCUT2D eigenvalue weighted by Crippen LogP contribution is -2.35. The fourth-order valence-electron chi connectivity index (χ4n) is 2.38. The molecule has 1 aromatic carbocycles. The number of aromatic carboxylic acids is 1. The standard InChI is InChI=1S/C10H16N6S.C10H6O3S/c1-8-9(16-7-15-8)5-17-4-3-13-10(12-2)14-6-11;11-7-5-9(10(12)13)14-8-4-2-1-3-6(7)8/h7H,3-5H2,1-2H3,(H,15,16)(H2,12,13,14);1-5H,(H,12,13). The van der Waals surface area contributed by atoms with Gasteiger partial charge in [0.05, 0.1) is 12.0 Å². The van der Waals surface area contributed by atoms with E-state index < -0.39 is 5.97 Å². The van der Waals surface area contributed by atoms with E-state index in [4.69, 9.17) is 10.4 Å². The molecule has 0 bridgehead atoms. The lowest BCUT2D eigenvalue weighted by Gasteiger charge is -2.06. The molecule has 0 atom stereocenters. The molecule has 0 saturated carbocycles. The van der Waals surface area contributed by atoms with Crippen LogP contribution in [0, 0.1) is 18.4 Å². The highest BCUT2D eigenvalue weighted by Crippen LogP contribution is 2.18. The maximum Gasteiger partial charge on any atom is 0.346 e. The van der Waals surface area contributed by atoms with Crippen molar-refractivity contribution in [3.8, 4) is 6.19 Å². The van der Waals surface area contributed by atoms with Gasteiger partial charge in [-0.25, -0.2) is 9.78 Å². The van der Waals surface area contributed by atoms with Crippen molar-refractivity contribution in [3.63, 3.8) is 0 Å². The number of benzene rings is 1. The second-order valence-corrected chi connectivity index (χ2v) is 8.23. The maximum atomic E-state index is 11.4. The van der Waals surface area contributed by atoms with Crippen LogP contribution in [0.3, 0.4) is 0 Å². The third kappa shape index (κ3) is 7.44. The quantitative estimate of drug-likeness (QED) is 0.145. The number of imidazole rings is 1. The summed E-state index contributed by atoms with van der Waals surface area (Å²) < 4.78 is 0.706. The Morgan fingerprint density at radius 3 is 2.84 bits per heavy atom. The number of thioether (sulfide) groups is 1. The summed E-state index contributed by atoms with van der Waals surface area (Å²) in [6.45, 7) is 2.77. The molecule has 2 aromatic heterocycles. The van der Waals surface area contributed by atoms with Gasteiger partial charge in [0.15, 0.2) is 11.6 Å². The van der Waals surface area contributed by atoms with Crippen molar-refractivity contribution in [2.75, 3.05) is 19.3 Å². The summed E-state index contributed by atoms with van der Waals surface area (Å²) in [7, 11) is 1.63. The lowest BCUT2D eigenvalue weighted by molar-refractivity contribution is 0.0702. The molecular formula is C20H22N6O3S2. The van der Waals surface area contributed by atoms with Gasteiger partial charge in [-0.05, 0) is 19.1 Å². The number of carboxylic acid groups (broad SMARTS) is 1. The van der Waals surface area contributed by atoms with Crippen molar-refractivity contribution in [2.24, 2.45) is 4.99 Å². The molecule has 0 spiro atoms. The van der Waals surface area contributed by atoms with E-state index in [0.717, 1.165) is 46.8 Å². The Bertz CT molecular complexity index is 1150. The summed E-state index contributed by atoms with van der Waals surface area (Å²) in [6, 6.07) is 8.14. The molecule has 0 aliphatic carbocycles. The number of nitriles is 1. The van der Waals surface area contributed by atoms with Gasteiger partial charge in [-0.1, -0.05) is 12.1 Å². The Labute approximate surface area is 187 Å². The number of rotatable bonds is 6. The van der Waals surface area contributed by atoms with E-state index in [1.807, 2.05) is 13.1 Å². The van der Waals surface area contributed by atoms with Gasteiger partial charge in [0.1, 0.15) is 4.88 Å².